The van der Waals surface area contributed by atoms with Gasteiger partial charge in [0.1, 0.15) is 0 Å². The van der Waals surface area contributed by atoms with Gasteiger partial charge in [-0.1, -0.05) is 0 Å². The number of carbonyl (C=O) groups is 2. The number of thioether (sulfide) groups is 1. The van der Waals surface area contributed by atoms with Crippen molar-refractivity contribution >= 4 is 28.6 Å². The standard InChI is InChI=1S/C11H12N2O2S/c1-7(14)13-5-4-8-6-9(16-11(12)15)2-3-10(8)13/h2-3,6H,4-5H2,1H3,(H2,12,15). The zero-order valence-corrected chi connectivity index (χ0v) is 9.71. The number of benzene rings is 1. The molecule has 0 spiro atoms. The number of hydrogen-bond acceptors (Lipinski definition) is 3. The van der Waals surface area contributed by atoms with E-state index < -0.39 is 5.24 Å². The Labute approximate surface area is 97.8 Å². The highest BCUT2D eigenvalue weighted by molar-refractivity contribution is 8.13. The maximum absolute atomic E-state index is 11.3. The van der Waals surface area contributed by atoms with Crippen molar-refractivity contribution in [2.75, 3.05) is 11.4 Å². The highest BCUT2D eigenvalue weighted by atomic mass is 32.2. The molecule has 0 saturated heterocycles. The van der Waals surface area contributed by atoms with Crippen molar-refractivity contribution in [3.63, 3.8) is 0 Å². The van der Waals surface area contributed by atoms with E-state index >= 15 is 0 Å². The predicted octanol–water partition coefficient (Wildman–Crippen LogP) is 1.77. The highest BCUT2D eigenvalue weighted by Crippen LogP contribution is 2.31. The number of primary amides is 1. The molecular weight excluding hydrogens is 224 g/mol. The van der Waals surface area contributed by atoms with E-state index in [0.29, 0.717) is 0 Å². The number of rotatable bonds is 1. The molecule has 0 aromatic heterocycles. The van der Waals surface area contributed by atoms with Gasteiger partial charge in [0, 0.05) is 24.1 Å². The van der Waals surface area contributed by atoms with E-state index in [9.17, 15) is 9.59 Å². The van der Waals surface area contributed by atoms with Gasteiger partial charge in [0.05, 0.1) is 0 Å². The van der Waals surface area contributed by atoms with Crippen LogP contribution in [0.3, 0.4) is 0 Å². The first kappa shape index (κ1) is 11.0. The van der Waals surface area contributed by atoms with Crippen molar-refractivity contribution in [1.29, 1.82) is 0 Å². The third kappa shape index (κ3) is 2.04. The normalized spacial score (nSPS) is 13.7. The van der Waals surface area contributed by atoms with Crippen LogP contribution < -0.4 is 10.6 Å². The zero-order chi connectivity index (χ0) is 11.7. The Kier molecular flexibility index (Phi) is 2.87. The number of anilines is 1. The molecule has 1 aromatic rings. The molecule has 5 heteroatoms. The molecule has 84 valence electrons. The number of hydrogen-bond donors (Lipinski definition) is 1. The van der Waals surface area contributed by atoms with Gasteiger partial charge in [0.15, 0.2) is 0 Å². The lowest BCUT2D eigenvalue weighted by molar-refractivity contribution is -0.116. The Hall–Kier alpha value is -1.49. The number of nitrogens with two attached hydrogens (primary N) is 1. The summed E-state index contributed by atoms with van der Waals surface area (Å²) in [6.07, 6.45) is 0.835. The maximum atomic E-state index is 11.3. The molecule has 2 rings (SSSR count). The van der Waals surface area contributed by atoms with Crippen LogP contribution in [0.2, 0.25) is 0 Å². The Morgan fingerprint density at radius 1 is 1.44 bits per heavy atom. The van der Waals surface area contributed by atoms with Crippen molar-refractivity contribution in [2.45, 2.75) is 18.2 Å². The molecule has 0 atom stereocenters. The summed E-state index contributed by atoms with van der Waals surface area (Å²) in [5.74, 6) is 0.0501. The van der Waals surface area contributed by atoms with Gasteiger partial charge >= 0.3 is 0 Å². The highest BCUT2D eigenvalue weighted by Gasteiger charge is 2.22. The quantitative estimate of drug-likeness (QED) is 0.756. The molecule has 1 aliphatic rings. The van der Waals surface area contributed by atoms with Crippen molar-refractivity contribution in [3.8, 4) is 0 Å². The van der Waals surface area contributed by atoms with Crippen LogP contribution in [0.15, 0.2) is 23.1 Å². The molecule has 0 fully saturated rings. The van der Waals surface area contributed by atoms with Gasteiger partial charge < -0.3 is 10.6 Å². The lowest BCUT2D eigenvalue weighted by Gasteiger charge is -2.14. The Bertz CT molecular complexity index is 459. The van der Waals surface area contributed by atoms with E-state index in [4.69, 9.17) is 5.73 Å². The fourth-order valence-corrected chi connectivity index (χ4v) is 2.45. The average Bonchev–Trinajstić information content (AvgIpc) is 2.59. The largest absolute Gasteiger partial charge is 0.360 e. The lowest BCUT2D eigenvalue weighted by atomic mass is 10.2. The van der Waals surface area contributed by atoms with Gasteiger partial charge in [-0.2, -0.15) is 0 Å². The third-order valence-corrected chi connectivity index (χ3v) is 3.24. The van der Waals surface area contributed by atoms with Crippen LogP contribution in [0.4, 0.5) is 10.5 Å². The van der Waals surface area contributed by atoms with Gasteiger partial charge in [0.25, 0.3) is 5.24 Å². The fourth-order valence-electron chi connectivity index (χ4n) is 1.88. The van der Waals surface area contributed by atoms with Crippen LogP contribution in [0.5, 0.6) is 0 Å². The minimum atomic E-state index is -0.415. The summed E-state index contributed by atoms with van der Waals surface area (Å²) in [6.45, 7) is 2.27. The Balaban J connectivity index is 2.29. The SMILES string of the molecule is CC(=O)N1CCc2cc(SC(N)=O)ccc21. The second-order valence-electron chi connectivity index (χ2n) is 3.63. The maximum Gasteiger partial charge on any atom is 0.281 e. The summed E-state index contributed by atoms with van der Waals surface area (Å²) in [5, 5.41) is -0.415. The van der Waals surface area contributed by atoms with E-state index in [1.807, 2.05) is 18.2 Å². The molecular formula is C11H12N2O2S. The van der Waals surface area contributed by atoms with Crippen LogP contribution in [0, 0.1) is 0 Å². The zero-order valence-electron chi connectivity index (χ0n) is 8.90. The summed E-state index contributed by atoms with van der Waals surface area (Å²) in [6, 6.07) is 5.61. The first-order valence-corrected chi connectivity index (χ1v) is 5.78. The number of carbonyl (C=O) groups excluding carboxylic acids is 2. The van der Waals surface area contributed by atoms with Gasteiger partial charge in [-0.3, -0.25) is 9.59 Å². The third-order valence-electron chi connectivity index (χ3n) is 2.55. The lowest BCUT2D eigenvalue weighted by Crippen LogP contribution is -2.25. The molecule has 1 heterocycles. The topological polar surface area (TPSA) is 63.4 Å². The van der Waals surface area contributed by atoms with Crippen LogP contribution >= 0.6 is 11.8 Å². The van der Waals surface area contributed by atoms with Crippen molar-refractivity contribution in [3.05, 3.63) is 23.8 Å². The van der Waals surface area contributed by atoms with Crippen LogP contribution in [-0.4, -0.2) is 17.7 Å². The Morgan fingerprint density at radius 2 is 2.19 bits per heavy atom. The van der Waals surface area contributed by atoms with Crippen LogP contribution in [0.1, 0.15) is 12.5 Å². The van der Waals surface area contributed by atoms with Crippen LogP contribution in [0.25, 0.3) is 0 Å². The van der Waals surface area contributed by atoms with Crippen LogP contribution in [-0.2, 0) is 11.2 Å². The van der Waals surface area contributed by atoms with Gasteiger partial charge in [-0.25, -0.2) is 0 Å². The molecule has 0 radical (unpaired) electrons. The first-order valence-electron chi connectivity index (χ1n) is 4.96. The van der Waals surface area contributed by atoms with Crippen molar-refractivity contribution in [1.82, 2.24) is 0 Å². The van der Waals surface area contributed by atoms with Gasteiger partial charge in [0.2, 0.25) is 5.91 Å². The van der Waals surface area contributed by atoms with E-state index in [-0.39, 0.29) is 5.91 Å². The van der Waals surface area contributed by atoms with Gasteiger partial charge in [-0.05, 0) is 41.9 Å². The molecule has 0 saturated carbocycles. The first-order chi connectivity index (χ1) is 7.58. The second-order valence-corrected chi connectivity index (χ2v) is 4.71. The summed E-state index contributed by atoms with van der Waals surface area (Å²) >= 11 is 1.01. The smallest absolute Gasteiger partial charge is 0.281 e. The molecule has 4 nitrogen and oxygen atoms in total. The summed E-state index contributed by atoms with van der Waals surface area (Å²) < 4.78 is 0. The van der Waals surface area contributed by atoms with Gasteiger partial charge in [-0.15, -0.1) is 0 Å². The van der Waals surface area contributed by atoms with E-state index in [1.54, 1.807) is 11.8 Å². The summed E-state index contributed by atoms with van der Waals surface area (Å²) in [4.78, 5) is 24.7. The molecule has 0 bridgehead atoms. The molecule has 1 aromatic carbocycles. The van der Waals surface area contributed by atoms with E-state index in [1.165, 1.54) is 0 Å². The monoisotopic (exact) mass is 236 g/mol. The van der Waals surface area contributed by atoms with Crippen molar-refractivity contribution in [2.24, 2.45) is 5.73 Å². The van der Waals surface area contributed by atoms with E-state index in [0.717, 1.165) is 40.9 Å². The second kappa shape index (κ2) is 4.17. The molecule has 1 aliphatic heterocycles. The molecule has 0 unspecified atom stereocenters. The fraction of sp³-hybridized carbons (Fsp3) is 0.273. The van der Waals surface area contributed by atoms with E-state index in [2.05, 4.69) is 0 Å². The molecule has 2 amide bonds. The number of amides is 2. The minimum Gasteiger partial charge on any atom is -0.360 e. The summed E-state index contributed by atoms with van der Waals surface area (Å²) in [7, 11) is 0. The molecule has 0 aliphatic carbocycles. The minimum absolute atomic E-state index is 0.0501. The predicted molar refractivity (Wildman–Crippen MR) is 63.6 cm³/mol. The summed E-state index contributed by atoms with van der Waals surface area (Å²) in [5.41, 5.74) is 7.15. The Morgan fingerprint density at radius 3 is 2.81 bits per heavy atom. The average molecular weight is 236 g/mol. The molecule has 16 heavy (non-hydrogen) atoms. The number of fused-ring (bicyclic) bond motifs is 1. The molecule has 2 N–H and O–H groups in total. The van der Waals surface area contributed by atoms with Crippen molar-refractivity contribution < 1.29 is 9.59 Å². The number of nitrogens with zero attached hydrogens (tertiary/aromatic N) is 1.